The third-order valence-electron chi connectivity index (χ3n) is 5.16. The highest BCUT2D eigenvalue weighted by Gasteiger charge is 2.24. The van der Waals surface area contributed by atoms with Crippen molar-refractivity contribution < 1.29 is 22.9 Å². The molecular weight excluding hydrogens is 508 g/mol. The number of hydrogen-bond donors (Lipinski definition) is 0. The van der Waals surface area contributed by atoms with Crippen LogP contribution in [0.1, 0.15) is 23.2 Å². The number of carbonyl (C=O) groups excluding carboxylic acids is 1. The molecule has 0 radical (unpaired) electrons. The molecule has 12 nitrogen and oxygen atoms in total. The molecule has 3 rings (SSSR count). The van der Waals surface area contributed by atoms with E-state index in [4.69, 9.17) is 15.3 Å². The van der Waals surface area contributed by atoms with E-state index in [2.05, 4.69) is 4.99 Å². The van der Waals surface area contributed by atoms with Gasteiger partial charge < -0.3 is 9.30 Å². The molecule has 0 bridgehead atoms. The van der Waals surface area contributed by atoms with E-state index in [1.807, 2.05) is 12.1 Å². The van der Waals surface area contributed by atoms with Crippen molar-refractivity contribution in [1.29, 1.82) is 10.5 Å². The fourth-order valence-corrected chi connectivity index (χ4v) is 5.88. The van der Waals surface area contributed by atoms with Gasteiger partial charge in [0.15, 0.2) is 10.6 Å². The quantitative estimate of drug-likeness (QED) is 0.301. The number of hydrogen-bond acceptors (Lipinski definition) is 9. The Labute approximate surface area is 210 Å². The highest BCUT2D eigenvalue weighted by molar-refractivity contribution is 7.89. The first-order valence-corrected chi connectivity index (χ1v) is 12.6. The Balaban J connectivity index is 1.95. The molecule has 0 aliphatic heterocycles. The van der Waals surface area contributed by atoms with Crippen molar-refractivity contribution in [3.8, 4) is 17.9 Å². The maximum atomic E-state index is 12.9. The maximum absolute atomic E-state index is 12.9. The van der Waals surface area contributed by atoms with Gasteiger partial charge in [-0.2, -0.15) is 19.8 Å². The summed E-state index contributed by atoms with van der Waals surface area (Å²) in [6, 6.07) is 11.6. The van der Waals surface area contributed by atoms with Crippen molar-refractivity contribution >= 4 is 43.2 Å². The van der Waals surface area contributed by atoms with Crippen LogP contribution >= 0.6 is 11.3 Å². The summed E-state index contributed by atoms with van der Waals surface area (Å²) in [7, 11) is -0.942. The van der Waals surface area contributed by atoms with Gasteiger partial charge in [0, 0.05) is 44.6 Å². The molecule has 14 heteroatoms. The number of nitrogens with zero attached hydrogens (tertiary/aromatic N) is 6. The molecule has 2 aromatic carbocycles. The van der Waals surface area contributed by atoms with Crippen LogP contribution in [0.15, 0.2) is 46.3 Å². The van der Waals surface area contributed by atoms with Gasteiger partial charge in [-0.05, 0) is 24.3 Å². The van der Waals surface area contributed by atoms with Crippen molar-refractivity contribution in [3.05, 3.63) is 56.9 Å². The minimum atomic E-state index is -3.97. The van der Waals surface area contributed by atoms with Crippen LogP contribution in [-0.4, -0.2) is 48.3 Å². The minimum absolute atomic E-state index is 0.0275. The summed E-state index contributed by atoms with van der Waals surface area (Å²) in [5.74, 6) is -0.376. The van der Waals surface area contributed by atoms with Gasteiger partial charge >= 0.3 is 0 Å². The van der Waals surface area contributed by atoms with Crippen LogP contribution in [0.5, 0.6) is 5.75 Å². The van der Waals surface area contributed by atoms with E-state index >= 15 is 0 Å². The average Bonchev–Trinajstić information content (AvgIpc) is 3.18. The molecule has 0 saturated heterocycles. The third-order valence-corrected chi connectivity index (χ3v) is 8.15. The van der Waals surface area contributed by atoms with Gasteiger partial charge in [-0.25, -0.2) is 8.42 Å². The van der Waals surface area contributed by atoms with Gasteiger partial charge in [0.05, 0.1) is 39.8 Å². The van der Waals surface area contributed by atoms with Crippen molar-refractivity contribution in [2.45, 2.75) is 17.7 Å². The Morgan fingerprint density at radius 1 is 1.19 bits per heavy atom. The lowest BCUT2D eigenvalue weighted by Gasteiger charge is -2.20. The predicted molar refractivity (Wildman–Crippen MR) is 130 cm³/mol. The number of nitro groups is 1. The Morgan fingerprint density at radius 3 is 2.33 bits per heavy atom. The summed E-state index contributed by atoms with van der Waals surface area (Å²) in [5, 5.41) is 28.8. The first-order chi connectivity index (χ1) is 17.1. The smallest absolute Gasteiger partial charge is 0.279 e. The fourth-order valence-electron chi connectivity index (χ4n) is 3.37. The van der Waals surface area contributed by atoms with E-state index in [0.717, 1.165) is 15.6 Å². The van der Waals surface area contributed by atoms with Crippen LogP contribution in [0.3, 0.4) is 0 Å². The first kappa shape index (κ1) is 26.5. The van der Waals surface area contributed by atoms with Crippen molar-refractivity contribution in [2.75, 3.05) is 20.2 Å². The number of sulfonamides is 1. The van der Waals surface area contributed by atoms with Crippen LogP contribution in [0.25, 0.3) is 10.2 Å². The lowest BCUT2D eigenvalue weighted by molar-refractivity contribution is -0.384. The molecule has 0 atom stereocenters. The Hall–Kier alpha value is -4.11. The van der Waals surface area contributed by atoms with Crippen molar-refractivity contribution in [1.82, 2.24) is 8.87 Å². The molecule has 0 aliphatic rings. The number of benzene rings is 2. The SMILES string of the molecule is COc1cc([N+](=O)[O-])cc2sc(=NC(=O)c3ccc(S(=O)(=O)N(CCC#N)CCC#N)cc3)n(C)c12. The summed E-state index contributed by atoms with van der Waals surface area (Å²) in [4.78, 5) is 27.8. The van der Waals surface area contributed by atoms with Crippen LogP contribution in [-0.2, 0) is 17.1 Å². The number of amides is 1. The van der Waals surface area contributed by atoms with Gasteiger partial charge in [-0.3, -0.25) is 14.9 Å². The van der Waals surface area contributed by atoms with Gasteiger partial charge in [0.2, 0.25) is 10.0 Å². The number of aryl methyl sites for hydroxylation is 1. The number of nitriles is 2. The molecule has 0 saturated carbocycles. The number of methoxy groups -OCH3 is 1. The van der Waals surface area contributed by atoms with Crippen LogP contribution in [0.4, 0.5) is 5.69 Å². The molecule has 1 aromatic heterocycles. The van der Waals surface area contributed by atoms with Gasteiger partial charge in [0.1, 0.15) is 5.52 Å². The van der Waals surface area contributed by atoms with Crippen molar-refractivity contribution in [2.24, 2.45) is 12.0 Å². The number of aromatic nitrogens is 1. The maximum Gasteiger partial charge on any atom is 0.279 e. The number of nitro benzene ring substituents is 1. The van der Waals surface area contributed by atoms with E-state index in [0.29, 0.717) is 10.2 Å². The topological polar surface area (TPSA) is 172 Å². The third kappa shape index (κ3) is 5.41. The molecule has 0 N–H and O–H groups in total. The zero-order valence-corrected chi connectivity index (χ0v) is 20.9. The highest BCUT2D eigenvalue weighted by atomic mass is 32.2. The summed E-state index contributed by atoms with van der Waals surface area (Å²) < 4.78 is 34.3. The Morgan fingerprint density at radius 2 is 1.81 bits per heavy atom. The predicted octanol–water partition coefficient (Wildman–Crippen LogP) is 2.72. The molecule has 1 amide bonds. The van der Waals surface area contributed by atoms with E-state index in [1.54, 1.807) is 11.6 Å². The summed E-state index contributed by atoms with van der Waals surface area (Å²) in [6.07, 6.45) is -0.0551. The number of carbonyl (C=O) groups is 1. The molecular formula is C22H20N6O6S2. The molecule has 3 aromatic rings. The zero-order chi connectivity index (χ0) is 26.5. The molecule has 0 aliphatic carbocycles. The van der Waals surface area contributed by atoms with Crippen LogP contribution in [0, 0.1) is 32.8 Å². The number of fused-ring (bicyclic) bond motifs is 1. The van der Waals surface area contributed by atoms with Crippen LogP contribution < -0.4 is 9.54 Å². The number of thiazole rings is 1. The second kappa shape index (κ2) is 11.1. The van der Waals surface area contributed by atoms with E-state index in [9.17, 15) is 23.3 Å². The molecule has 36 heavy (non-hydrogen) atoms. The van der Waals surface area contributed by atoms with Crippen LogP contribution in [0.2, 0.25) is 0 Å². The largest absolute Gasteiger partial charge is 0.494 e. The normalized spacial score (nSPS) is 11.9. The van der Waals surface area contributed by atoms with Crippen molar-refractivity contribution in [3.63, 3.8) is 0 Å². The van der Waals surface area contributed by atoms with Gasteiger partial charge in [-0.1, -0.05) is 11.3 Å². The van der Waals surface area contributed by atoms with E-state index in [1.165, 1.54) is 43.5 Å². The van der Waals surface area contributed by atoms with E-state index < -0.39 is 20.9 Å². The minimum Gasteiger partial charge on any atom is -0.494 e. The molecule has 1 heterocycles. The lowest BCUT2D eigenvalue weighted by Crippen LogP contribution is -2.32. The van der Waals surface area contributed by atoms with Gasteiger partial charge in [-0.15, -0.1) is 0 Å². The van der Waals surface area contributed by atoms with Gasteiger partial charge in [0.25, 0.3) is 11.6 Å². The average molecular weight is 529 g/mol. The molecule has 0 spiro atoms. The Bertz CT molecular complexity index is 1560. The summed E-state index contributed by atoms with van der Waals surface area (Å²) in [6.45, 7) is -0.110. The Kier molecular flexibility index (Phi) is 8.16. The standard InChI is InChI=1S/C22H20N6O6S2/c1-26-20-18(34-2)13-16(28(30)31)14-19(20)35-22(26)25-21(29)15-5-7-17(8-6-15)36(32,33)27(11-3-9-23)12-4-10-24/h5-8,13-14H,3-4,11-12H2,1-2H3. The number of non-ortho nitro benzene ring substituents is 1. The first-order valence-electron chi connectivity index (χ1n) is 10.4. The highest BCUT2D eigenvalue weighted by Crippen LogP contribution is 2.32. The molecule has 0 fully saturated rings. The number of ether oxygens (including phenoxy) is 1. The second-order valence-corrected chi connectivity index (χ2v) is 10.3. The van der Waals surface area contributed by atoms with E-state index in [-0.39, 0.29) is 52.6 Å². The lowest BCUT2D eigenvalue weighted by atomic mass is 10.2. The number of rotatable bonds is 9. The fraction of sp³-hybridized carbons (Fsp3) is 0.273. The zero-order valence-electron chi connectivity index (χ0n) is 19.2. The summed E-state index contributed by atoms with van der Waals surface area (Å²) >= 11 is 1.07. The monoisotopic (exact) mass is 528 g/mol. The second-order valence-electron chi connectivity index (χ2n) is 7.36. The summed E-state index contributed by atoms with van der Waals surface area (Å²) in [5.41, 5.74) is 0.510. The molecule has 0 unspecified atom stereocenters. The molecule has 186 valence electrons.